The van der Waals surface area contributed by atoms with E-state index in [1.54, 1.807) is 12.1 Å². The number of hydrogen-bond acceptors (Lipinski definition) is 9. The smallest absolute Gasteiger partial charge is 0.269 e. The number of hydrogen-bond donors (Lipinski definition) is 0. The van der Waals surface area contributed by atoms with Crippen LogP contribution in [0.15, 0.2) is 34.5 Å². The summed E-state index contributed by atoms with van der Waals surface area (Å²) in [5, 5.41) is 18.7. The molecule has 0 fully saturated rings. The first kappa shape index (κ1) is 21.3. The van der Waals surface area contributed by atoms with Crippen molar-refractivity contribution < 1.29 is 14.0 Å². The van der Waals surface area contributed by atoms with Crippen LogP contribution in [0, 0.1) is 10.1 Å². The van der Waals surface area contributed by atoms with Crippen molar-refractivity contribution in [3.05, 3.63) is 39.9 Å². The van der Waals surface area contributed by atoms with Crippen LogP contribution in [0.4, 0.5) is 5.69 Å². The lowest BCUT2D eigenvalue weighted by Gasteiger charge is -2.19. The third-order valence-corrected chi connectivity index (χ3v) is 8.68. The normalized spacial score (nSPS) is 12.7. The van der Waals surface area contributed by atoms with Crippen LogP contribution in [0.1, 0.15) is 19.4 Å². The van der Waals surface area contributed by atoms with E-state index < -0.39 is 10.6 Å². The first-order chi connectivity index (χ1) is 11.4. The molecule has 0 aromatic heterocycles. The highest BCUT2D eigenvalue weighted by Crippen LogP contribution is 2.62. The zero-order valence-electron chi connectivity index (χ0n) is 13.4. The molecule has 0 radical (unpaired) electrons. The van der Waals surface area contributed by atoms with Gasteiger partial charge >= 0.3 is 0 Å². The average Bonchev–Trinajstić information content (AvgIpc) is 2.54. The molecular formula is C13H18N3O4PS3. The van der Waals surface area contributed by atoms with Crippen molar-refractivity contribution in [2.75, 3.05) is 19.5 Å². The van der Waals surface area contributed by atoms with Crippen LogP contribution in [-0.2, 0) is 20.9 Å². The molecule has 7 nitrogen and oxygen atoms in total. The van der Waals surface area contributed by atoms with Crippen molar-refractivity contribution in [2.24, 2.45) is 10.2 Å². The number of nitro benzene ring substituents is 1. The summed E-state index contributed by atoms with van der Waals surface area (Å²) in [6.07, 6.45) is 3.39. The molecule has 0 amide bonds. The lowest BCUT2D eigenvalue weighted by Crippen LogP contribution is -1.95. The van der Waals surface area contributed by atoms with Gasteiger partial charge in [-0.3, -0.25) is 10.1 Å². The summed E-state index contributed by atoms with van der Waals surface area (Å²) in [6, 6.07) is 6.04. The van der Waals surface area contributed by atoms with Crippen molar-refractivity contribution in [1.82, 2.24) is 0 Å². The quantitative estimate of drug-likeness (QED) is 0.203. The molecule has 132 valence electrons. The molecular weight excluding hydrogens is 389 g/mol. The number of benzene rings is 1. The van der Waals surface area contributed by atoms with Crippen LogP contribution in [0.5, 0.6) is 0 Å². The Balaban J connectivity index is 2.80. The molecule has 0 spiro atoms. The number of non-ortho nitro benzene ring substituents is 1. The van der Waals surface area contributed by atoms with E-state index in [2.05, 4.69) is 10.2 Å². The monoisotopic (exact) mass is 407 g/mol. The molecule has 11 heteroatoms. The van der Waals surface area contributed by atoms with E-state index in [4.69, 9.17) is 20.9 Å². The standard InChI is InChI=1S/C13H18N3O4PS3/c1-4-19-21(22,20-5-2)24-13(23-3)15-14-10-11-6-8-12(9-7-11)16(17)18/h6-10H,4-5H2,1-3H3/b14-10+,15-13-. The molecule has 0 bridgehead atoms. The fourth-order valence-electron chi connectivity index (χ4n) is 1.42. The van der Waals surface area contributed by atoms with Crippen LogP contribution in [0.3, 0.4) is 0 Å². The molecule has 0 atom stereocenters. The second-order valence-electron chi connectivity index (χ2n) is 4.04. The van der Waals surface area contributed by atoms with Gasteiger partial charge in [-0.2, -0.15) is 5.10 Å². The van der Waals surface area contributed by atoms with Crippen LogP contribution < -0.4 is 0 Å². The van der Waals surface area contributed by atoms with Gasteiger partial charge in [-0.15, -0.1) is 16.9 Å². The number of thioether (sulfide) groups is 1. The molecule has 0 unspecified atom stereocenters. The van der Waals surface area contributed by atoms with Gasteiger partial charge < -0.3 is 9.05 Å². The minimum atomic E-state index is -2.47. The predicted octanol–water partition coefficient (Wildman–Crippen LogP) is 4.68. The van der Waals surface area contributed by atoms with E-state index in [1.807, 2.05) is 20.1 Å². The first-order valence-electron chi connectivity index (χ1n) is 6.92. The van der Waals surface area contributed by atoms with Gasteiger partial charge in [0.25, 0.3) is 11.4 Å². The highest BCUT2D eigenvalue weighted by Gasteiger charge is 2.22. The Morgan fingerprint density at radius 2 is 1.92 bits per heavy atom. The van der Waals surface area contributed by atoms with Gasteiger partial charge in [-0.05, 0) is 61.0 Å². The summed E-state index contributed by atoms with van der Waals surface area (Å²) in [5.41, 5.74) is -1.73. The van der Waals surface area contributed by atoms with Crippen molar-refractivity contribution in [3.63, 3.8) is 0 Å². The summed E-state index contributed by atoms with van der Waals surface area (Å²) in [5.74, 6) is 0. The van der Waals surface area contributed by atoms with Crippen LogP contribution >= 0.6 is 28.8 Å². The maximum Gasteiger partial charge on any atom is 0.269 e. The molecule has 0 saturated carbocycles. The van der Waals surface area contributed by atoms with E-state index in [9.17, 15) is 10.1 Å². The largest absolute Gasteiger partial charge is 0.322 e. The van der Waals surface area contributed by atoms with E-state index >= 15 is 0 Å². The van der Waals surface area contributed by atoms with Gasteiger partial charge in [0.2, 0.25) is 0 Å². The molecule has 0 saturated heterocycles. The SMILES string of the molecule is CCOP(=S)(OCC)S/C(=N\N=C\c1ccc([N+](=O)[O-])cc1)SC. The summed E-state index contributed by atoms with van der Waals surface area (Å²) in [4.78, 5) is 10.2. The average molecular weight is 407 g/mol. The Morgan fingerprint density at radius 3 is 2.38 bits per heavy atom. The van der Waals surface area contributed by atoms with Gasteiger partial charge in [0.15, 0.2) is 4.38 Å². The van der Waals surface area contributed by atoms with Gasteiger partial charge in [-0.25, -0.2) is 0 Å². The van der Waals surface area contributed by atoms with Crippen LogP contribution in [0.2, 0.25) is 0 Å². The van der Waals surface area contributed by atoms with E-state index in [0.29, 0.717) is 23.2 Å². The van der Waals surface area contributed by atoms with Crippen molar-refractivity contribution >= 4 is 56.9 Å². The van der Waals surface area contributed by atoms with Crippen LogP contribution in [0.25, 0.3) is 0 Å². The Kier molecular flexibility index (Phi) is 9.72. The summed E-state index contributed by atoms with van der Waals surface area (Å²) < 4.78 is 11.8. The van der Waals surface area contributed by atoms with Crippen LogP contribution in [-0.4, -0.2) is 35.0 Å². The Morgan fingerprint density at radius 1 is 1.33 bits per heavy atom. The number of nitrogens with zero attached hydrogens (tertiary/aromatic N) is 3. The number of rotatable bonds is 8. The summed E-state index contributed by atoms with van der Waals surface area (Å²) in [7, 11) is 0. The molecule has 0 heterocycles. The Labute approximate surface area is 154 Å². The highest BCUT2D eigenvalue weighted by molar-refractivity contribution is 8.78. The van der Waals surface area contributed by atoms with E-state index in [-0.39, 0.29) is 5.69 Å². The maximum absolute atomic E-state index is 10.6. The fourth-order valence-corrected chi connectivity index (χ4v) is 7.82. The lowest BCUT2D eigenvalue weighted by atomic mass is 10.2. The second kappa shape index (κ2) is 11.0. The predicted molar refractivity (Wildman–Crippen MR) is 107 cm³/mol. The molecule has 1 aromatic rings. The van der Waals surface area contributed by atoms with Crippen molar-refractivity contribution in [3.8, 4) is 0 Å². The minimum absolute atomic E-state index is 0.0325. The molecule has 0 aliphatic rings. The second-order valence-corrected chi connectivity index (χ2v) is 11.2. The maximum atomic E-state index is 10.6. The van der Waals surface area contributed by atoms with Gasteiger partial charge in [0, 0.05) is 12.1 Å². The van der Waals surface area contributed by atoms with Crippen molar-refractivity contribution in [2.45, 2.75) is 13.8 Å². The van der Waals surface area contributed by atoms with Gasteiger partial charge in [0.05, 0.1) is 24.4 Å². The third-order valence-electron chi connectivity index (χ3n) is 2.39. The molecule has 1 aromatic carbocycles. The Bertz CT molecular complexity index is 642. The fraction of sp³-hybridized carbons (Fsp3) is 0.385. The molecule has 24 heavy (non-hydrogen) atoms. The zero-order chi connectivity index (χ0) is 18.0. The Hall–Kier alpha value is -0.770. The highest BCUT2D eigenvalue weighted by atomic mass is 32.9. The minimum Gasteiger partial charge on any atom is -0.322 e. The lowest BCUT2D eigenvalue weighted by molar-refractivity contribution is -0.384. The zero-order valence-corrected chi connectivity index (χ0v) is 16.8. The number of nitro groups is 1. The van der Waals surface area contributed by atoms with E-state index in [0.717, 1.165) is 0 Å². The molecule has 0 aliphatic heterocycles. The molecule has 0 aliphatic carbocycles. The van der Waals surface area contributed by atoms with Gasteiger partial charge in [0.1, 0.15) is 0 Å². The topological polar surface area (TPSA) is 86.3 Å². The molecule has 0 N–H and O–H groups in total. The van der Waals surface area contributed by atoms with Gasteiger partial charge in [-0.1, -0.05) is 0 Å². The summed E-state index contributed by atoms with van der Waals surface area (Å²) in [6.45, 7) is 4.67. The summed E-state index contributed by atoms with van der Waals surface area (Å²) >= 11 is 8.12. The van der Waals surface area contributed by atoms with E-state index in [1.165, 1.54) is 41.5 Å². The first-order valence-corrected chi connectivity index (χ1v) is 12.2. The van der Waals surface area contributed by atoms with Crippen molar-refractivity contribution in [1.29, 1.82) is 0 Å². The molecule has 1 rings (SSSR count). The third kappa shape index (κ3) is 7.42.